The normalized spacial score (nSPS) is 13.5. The lowest BCUT2D eigenvalue weighted by Crippen LogP contribution is -2.46. The molecule has 0 saturated heterocycles. The zero-order valence-electron chi connectivity index (χ0n) is 10.9. The SMILES string of the molecule is CCC(C)NCC(=O)N[C@@H](CC(=O)OC)C(=O)O. The van der Waals surface area contributed by atoms with Gasteiger partial charge >= 0.3 is 11.9 Å². The lowest BCUT2D eigenvalue weighted by atomic mass is 10.2. The third-order valence-electron chi connectivity index (χ3n) is 2.46. The number of esters is 1. The van der Waals surface area contributed by atoms with Crippen molar-refractivity contribution in [2.24, 2.45) is 0 Å². The Morgan fingerprint density at radius 1 is 1.33 bits per heavy atom. The smallest absolute Gasteiger partial charge is 0.326 e. The first kappa shape index (κ1) is 16.4. The summed E-state index contributed by atoms with van der Waals surface area (Å²) in [5, 5.41) is 14.0. The minimum absolute atomic E-state index is 0.0138. The molecule has 104 valence electrons. The molecule has 0 heterocycles. The average molecular weight is 260 g/mol. The van der Waals surface area contributed by atoms with E-state index in [9.17, 15) is 14.4 Å². The van der Waals surface area contributed by atoms with E-state index < -0.39 is 23.9 Å². The Morgan fingerprint density at radius 3 is 2.39 bits per heavy atom. The van der Waals surface area contributed by atoms with Gasteiger partial charge in [0.25, 0.3) is 0 Å². The van der Waals surface area contributed by atoms with E-state index >= 15 is 0 Å². The first-order valence-electron chi connectivity index (χ1n) is 5.73. The molecule has 3 N–H and O–H groups in total. The summed E-state index contributed by atoms with van der Waals surface area (Å²) in [7, 11) is 1.16. The summed E-state index contributed by atoms with van der Waals surface area (Å²) in [6.45, 7) is 3.89. The van der Waals surface area contributed by atoms with Gasteiger partial charge in [0.05, 0.1) is 20.1 Å². The molecule has 0 aliphatic carbocycles. The van der Waals surface area contributed by atoms with Gasteiger partial charge in [-0.05, 0) is 13.3 Å². The Labute approximate surface area is 106 Å². The van der Waals surface area contributed by atoms with Crippen LogP contribution in [0.5, 0.6) is 0 Å². The third-order valence-corrected chi connectivity index (χ3v) is 2.46. The van der Waals surface area contributed by atoms with Crippen LogP contribution in [0.1, 0.15) is 26.7 Å². The van der Waals surface area contributed by atoms with Crippen LogP contribution in [-0.4, -0.2) is 48.7 Å². The summed E-state index contributed by atoms with van der Waals surface area (Å²) < 4.78 is 4.36. The minimum atomic E-state index is -1.27. The number of carbonyl (C=O) groups is 3. The van der Waals surface area contributed by atoms with Crippen molar-refractivity contribution in [1.82, 2.24) is 10.6 Å². The van der Waals surface area contributed by atoms with Gasteiger partial charge in [-0.3, -0.25) is 9.59 Å². The minimum Gasteiger partial charge on any atom is -0.480 e. The van der Waals surface area contributed by atoms with Crippen LogP contribution in [-0.2, 0) is 19.1 Å². The number of hydrogen-bond acceptors (Lipinski definition) is 5. The van der Waals surface area contributed by atoms with Crippen molar-refractivity contribution in [3.05, 3.63) is 0 Å². The van der Waals surface area contributed by atoms with Gasteiger partial charge in [-0.25, -0.2) is 4.79 Å². The summed E-state index contributed by atoms with van der Waals surface area (Å²) in [6.07, 6.45) is 0.471. The van der Waals surface area contributed by atoms with Crippen molar-refractivity contribution in [1.29, 1.82) is 0 Å². The summed E-state index contributed by atoms with van der Waals surface area (Å²) in [5.74, 6) is -2.42. The molecule has 0 aromatic rings. The van der Waals surface area contributed by atoms with Crippen molar-refractivity contribution < 1.29 is 24.2 Å². The van der Waals surface area contributed by atoms with Crippen LogP contribution in [0.15, 0.2) is 0 Å². The van der Waals surface area contributed by atoms with Crippen LogP contribution in [0.25, 0.3) is 0 Å². The Balaban J connectivity index is 4.20. The molecule has 0 bridgehead atoms. The van der Waals surface area contributed by atoms with Gasteiger partial charge < -0.3 is 20.5 Å². The first-order valence-corrected chi connectivity index (χ1v) is 5.73. The fourth-order valence-corrected chi connectivity index (χ4v) is 1.11. The summed E-state index contributed by atoms with van der Waals surface area (Å²) in [6, 6.07) is -1.09. The number of methoxy groups -OCH3 is 1. The van der Waals surface area contributed by atoms with Crippen LogP contribution in [0, 0.1) is 0 Å². The molecule has 0 radical (unpaired) electrons. The molecular weight excluding hydrogens is 240 g/mol. The summed E-state index contributed by atoms with van der Waals surface area (Å²) in [5.41, 5.74) is 0. The fourth-order valence-electron chi connectivity index (χ4n) is 1.11. The van der Waals surface area contributed by atoms with Gasteiger partial charge in [-0.2, -0.15) is 0 Å². The lowest BCUT2D eigenvalue weighted by Gasteiger charge is -2.15. The molecule has 7 heteroatoms. The molecule has 2 atom stereocenters. The van der Waals surface area contributed by atoms with E-state index in [1.807, 2.05) is 13.8 Å². The summed E-state index contributed by atoms with van der Waals surface area (Å²) >= 11 is 0. The Hall–Kier alpha value is -1.63. The van der Waals surface area contributed by atoms with Crippen LogP contribution in [0.3, 0.4) is 0 Å². The van der Waals surface area contributed by atoms with Crippen molar-refractivity contribution in [3.8, 4) is 0 Å². The van der Waals surface area contributed by atoms with Gasteiger partial charge in [0, 0.05) is 6.04 Å². The molecule has 0 aromatic heterocycles. The molecule has 0 aromatic carbocycles. The number of amides is 1. The second-order valence-corrected chi connectivity index (χ2v) is 3.93. The van der Waals surface area contributed by atoms with Crippen LogP contribution in [0.2, 0.25) is 0 Å². The number of rotatable bonds is 8. The fraction of sp³-hybridized carbons (Fsp3) is 0.727. The van der Waals surface area contributed by atoms with E-state index in [-0.39, 0.29) is 19.0 Å². The predicted molar refractivity (Wildman–Crippen MR) is 64.0 cm³/mol. The number of carboxylic acids is 1. The molecule has 0 rings (SSSR count). The topological polar surface area (TPSA) is 105 Å². The second-order valence-electron chi connectivity index (χ2n) is 3.93. The number of carbonyl (C=O) groups excluding carboxylic acids is 2. The molecule has 0 aliphatic heterocycles. The number of hydrogen-bond donors (Lipinski definition) is 3. The molecule has 1 amide bonds. The maximum absolute atomic E-state index is 11.5. The molecule has 0 fully saturated rings. The van der Waals surface area contributed by atoms with Crippen LogP contribution >= 0.6 is 0 Å². The highest BCUT2D eigenvalue weighted by Gasteiger charge is 2.23. The number of aliphatic carboxylic acids is 1. The standard InChI is InChI=1S/C11H20N2O5/c1-4-7(2)12-6-9(14)13-8(11(16)17)5-10(15)18-3/h7-8,12H,4-6H2,1-3H3,(H,13,14)(H,16,17)/t7?,8-/m0/s1. The quantitative estimate of drug-likeness (QED) is 0.508. The molecule has 1 unspecified atom stereocenters. The van der Waals surface area contributed by atoms with Crippen molar-refractivity contribution in [2.45, 2.75) is 38.8 Å². The Bertz CT molecular complexity index is 306. The van der Waals surface area contributed by atoms with Crippen molar-refractivity contribution in [2.75, 3.05) is 13.7 Å². The van der Waals surface area contributed by atoms with Crippen LogP contribution < -0.4 is 10.6 Å². The predicted octanol–water partition coefficient (Wildman–Crippen LogP) is -0.493. The van der Waals surface area contributed by atoms with Gasteiger partial charge in [0.1, 0.15) is 6.04 Å². The zero-order chi connectivity index (χ0) is 14.1. The van der Waals surface area contributed by atoms with Gasteiger partial charge in [-0.1, -0.05) is 6.92 Å². The Morgan fingerprint density at radius 2 is 1.94 bits per heavy atom. The first-order chi connectivity index (χ1) is 8.40. The van der Waals surface area contributed by atoms with Gasteiger partial charge in [0.15, 0.2) is 0 Å². The highest BCUT2D eigenvalue weighted by Crippen LogP contribution is 1.95. The molecule has 0 aliphatic rings. The lowest BCUT2D eigenvalue weighted by molar-refractivity contribution is -0.148. The number of carboxylic acid groups (broad SMARTS) is 1. The third kappa shape index (κ3) is 6.85. The Kier molecular flexibility index (Phi) is 7.69. The molecule has 0 spiro atoms. The monoisotopic (exact) mass is 260 g/mol. The van der Waals surface area contributed by atoms with Crippen LogP contribution in [0.4, 0.5) is 0 Å². The van der Waals surface area contributed by atoms with E-state index in [2.05, 4.69) is 15.4 Å². The molecule has 0 saturated carbocycles. The maximum Gasteiger partial charge on any atom is 0.326 e. The molecule has 18 heavy (non-hydrogen) atoms. The van der Waals surface area contributed by atoms with E-state index in [0.29, 0.717) is 0 Å². The zero-order valence-corrected chi connectivity index (χ0v) is 10.9. The average Bonchev–Trinajstić information content (AvgIpc) is 2.34. The van der Waals surface area contributed by atoms with Crippen molar-refractivity contribution >= 4 is 17.8 Å². The molecule has 7 nitrogen and oxygen atoms in total. The highest BCUT2D eigenvalue weighted by molar-refractivity contribution is 5.87. The number of ether oxygens (including phenoxy) is 1. The number of nitrogens with one attached hydrogen (secondary N) is 2. The van der Waals surface area contributed by atoms with E-state index in [0.717, 1.165) is 13.5 Å². The van der Waals surface area contributed by atoms with E-state index in [4.69, 9.17) is 5.11 Å². The van der Waals surface area contributed by atoms with Crippen molar-refractivity contribution in [3.63, 3.8) is 0 Å². The molecular formula is C11H20N2O5. The maximum atomic E-state index is 11.5. The second kappa shape index (κ2) is 8.46. The summed E-state index contributed by atoms with van der Waals surface area (Å²) in [4.78, 5) is 33.3. The van der Waals surface area contributed by atoms with E-state index in [1.165, 1.54) is 0 Å². The van der Waals surface area contributed by atoms with Gasteiger partial charge in [0.2, 0.25) is 5.91 Å². The van der Waals surface area contributed by atoms with Gasteiger partial charge in [-0.15, -0.1) is 0 Å². The largest absolute Gasteiger partial charge is 0.480 e. The highest BCUT2D eigenvalue weighted by atomic mass is 16.5. The van der Waals surface area contributed by atoms with E-state index in [1.54, 1.807) is 0 Å².